The smallest absolute Gasteiger partial charge is 0.395 e. The molecule has 0 atom stereocenters. The highest BCUT2D eigenvalue weighted by atomic mass is 32.1. The molecule has 0 fully saturated rings. The molecule has 0 aliphatic heterocycles. The van der Waals surface area contributed by atoms with E-state index in [2.05, 4.69) is 31.8 Å². The summed E-state index contributed by atoms with van der Waals surface area (Å²) in [7, 11) is 0.762. The Morgan fingerprint density at radius 2 is 1.13 bits per heavy atom. The maximum absolute atomic E-state index is 5.65. The molecular weight excluding hydrogens is 368 g/mol. The van der Waals surface area contributed by atoms with Crippen molar-refractivity contribution >= 4 is 42.6 Å². The van der Waals surface area contributed by atoms with Crippen molar-refractivity contribution in [1.82, 2.24) is 0 Å². The fourth-order valence-corrected chi connectivity index (χ4v) is 7.09. The minimum Gasteiger partial charge on any atom is -0.395 e. The van der Waals surface area contributed by atoms with Gasteiger partial charge in [0.25, 0.3) is 0 Å². The highest BCUT2D eigenvalue weighted by Crippen LogP contribution is 2.16. The Morgan fingerprint density at radius 1 is 0.739 bits per heavy atom. The zero-order chi connectivity index (χ0) is 18.2. The van der Waals surface area contributed by atoms with E-state index in [1.807, 2.05) is 13.8 Å². The SMILES string of the molecule is CCO[Si](C)(CCCS)OCC.CO[Si](CCCS)(OC)OC. The molecule has 23 heavy (non-hydrogen) atoms. The van der Waals surface area contributed by atoms with Crippen molar-refractivity contribution in [3.05, 3.63) is 0 Å². The Labute approximate surface area is 156 Å². The number of thiol groups is 2. The predicted molar refractivity (Wildman–Crippen MR) is 108 cm³/mol. The number of rotatable bonds is 13. The molecule has 0 aliphatic rings. The first-order valence-electron chi connectivity index (χ1n) is 8.08. The zero-order valence-corrected chi connectivity index (χ0v) is 19.4. The van der Waals surface area contributed by atoms with E-state index in [4.69, 9.17) is 22.1 Å². The summed E-state index contributed by atoms with van der Waals surface area (Å²) in [5.41, 5.74) is 0. The van der Waals surface area contributed by atoms with Crippen LogP contribution in [0.1, 0.15) is 26.7 Å². The Kier molecular flexibility index (Phi) is 18.7. The second-order valence-electron chi connectivity index (χ2n) is 4.95. The molecule has 0 unspecified atom stereocenters. The summed E-state index contributed by atoms with van der Waals surface area (Å²) in [6, 6.07) is 1.89. The molecule has 0 amide bonds. The zero-order valence-electron chi connectivity index (χ0n) is 15.6. The van der Waals surface area contributed by atoms with Gasteiger partial charge in [-0.2, -0.15) is 25.3 Å². The van der Waals surface area contributed by atoms with Gasteiger partial charge in [0.2, 0.25) is 0 Å². The van der Waals surface area contributed by atoms with Crippen molar-refractivity contribution in [2.75, 3.05) is 46.0 Å². The molecule has 0 saturated heterocycles. The molecule has 9 heteroatoms. The fourth-order valence-electron chi connectivity index (χ4n) is 2.05. The van der Waals surface area contributed by atoms with Crippen LogP contribution >= 0.6 is 25.3 Å². The van der Waals surface area contributed by atoms with Gasteiger partial charge in [-0.15, -0.1) is 0 Å². The first-order chi connectivity index (χ1) is 10.9. The standard InChI is InChI=1S/C8H20O2SSi.C6H16O3SSi/c1-4-9-12(3,10-5-2)8-6-7-11;1-7-11(8-2,9-3)6-4-5-10/h11H,4-8H2,1-3H3;10H,4-6H2,1-3H3. The van der Waals surface area contributed by atoms with Crippen molar-refractivity contribution in [2.45, 2.75) is 45.3 Å². The third kappa shape index (κ3) is 12.9. The molecule has 5 nitrogen and oxygen atoms in total. The molecule has 142 valence electrons. The van der Waals surface area contributed by atoms with Crippen LogP contribution in [0.3, 0.4) is 0 Å². The monoisotopic (exact) mass is 404 g/mol. The summed E-state index contributed by atoms with van der Waals surface area (Å²) in [6.07, 6.45) is 2.05. The topological polar surface area (TPSA) is 46.2 Å². The van der Waals surface area contributed by atoms with E-state index in [0.29, 0.717) is 0 Å². The normalized spacial score (nSPS) is 12.0. The molecule has 0 aromatic rings. The Balaban J connectivity index is 0. The van der Waals surface area contributed by atoms with Crippen LogP contribution in [0.4, 0.5) is 0 Å². The van der Waals surface area contributed by atoms with Crippen LogP contribution in [0.25, 0.3) is 0 Å². The van der Waals surface area contributed by atoms with E-state index in [1.54, 1.807) is 21.3 Å². The van der Waals surface area contributed by atoms with Gasteiger partial charge in [-0.25, -0.2) is 0 Å². The largest absolute Gasteiger partial charge is 0.500 e. The molecular formula is C14H36O5S2Si2. The summed E-state index contributed by atoms with van der Waals surface area (Å²) >= 11 is 8.28. The Morgan fingerprint density at radius 3 is 1.43 bits per heavy atom. The number of hydrogen-bond donors (Lipinski definition) is 2. The molecule has 0 bridgehead atoms. The molecule has 0 N–H and O–H groups in total. The van der Waals surface area contributed by atoms with Gasteiger partial charge in [0.1, 0.15) is 0 Å². The molecule has 0 radical (unpaired) electrons. The summed E-state index contributed by atoms with van der Waals surface area (Å²) in [6.45, 7) is 7.68. The van der Waals surface area contributed by atoms with Crippen LogP contribution in [-0.2, 0) is 22.1 Å². The van der Waals surface area contributed by atoms with E-state index >= 15 is 0 Å². The van der Waals surface area contributed by atoms with Gasteiger partial charge in [-0.05, 0) is 50.8 Å². The lowest BCUT2D eigenvalue weighted by atomic mass is 10.6. The number of hydrogen-bond acceptors (Lipinski definition) is 7. The van der Waals surface area contributed by atoms with E-state index < -0.39 is 17.4 Å². The van der Waals surface area contributed by atoms with E-state index in [1.165, 1.54) is 0 Å². The van der Waals surface area contributed by atoms with Crippen LogP contribution in [0.5, 0.6) is 0 Å². The average molecular weight is 405 g/mol. The third-order valence-electron chi connectivity index (χ3n) is 3.26. The minimum absolute atomic E-state index is 0.759. The fraction of sp³-hybridized carbons (Fsp3) is 1.00. The molecule has 0 aromatic heterocycles. The van der Waals surface area contributed by atoms with Gasteiger partial charge in [0.15, 0.2) is 0 Å². The minimum atomic E-state index is -2.29. The summed E-state index contributed by atoms with van der Waals surface area (Å²) in [4.78, 5) is 0. The lowest BCUT2D eigenvalue weighted by Gasteiger charge is -2.25. The van der Waals surface area contributed by atoms with Crippen molar-refractivity contribution in [2.24, 2.45) is 0 Å². The van der Waals surface area contributed by atoms with Gasteiger partial charge in [0, 0.05) is 40.6 Å². The van der Waals surface area contributed by atoms with Gasteiger partial charge in [-0.3, -0.25) is 0 Å². The quantitative estimate of drug-likeness (QED) is 0.362. The first kappa shape index (κ1) is 26.2. The summed E-state index contributed by atoms with van der Waals surface area (Å²) < 4.78 is 26.9. The highest BCUT2D eigenvalue weighted by molar-refractivity contribution is 7.80. The first-order valence-corrected chi connectivity index (χ1v) is 13.8. The van der Waals surface area contributed by atoms with Gasteiger partial charge < -0.3 is 22.1 Å². The van der Waals surface area contributed by atoms with Gasteiger partial charge >= 0.3 is 17.4 Å². The van der Waals surface area contributed by atoms with Crippen LogP contribution in [0, 0.1) is 0 Å². The third-order valence-corrected chi connectivity index (χ3v) is 9.79. The Bertz CT molecular complexity index is 245. The molecule has 0 spiro atoms. The van der Waals surface area contributed by atoms with E-state index in [-0.39, 0.29) is 0 Å². The second kappa shape index (κ2) is 16.4. The summed E-state index contributed by atoms with van der Waals surface area (Å²) in [5, 5.41) is 0. The van der Waals surface area contributed by atoms with Crippen LogP contribution in [0.15, 0.2) is 0 Å². The lowest BCUT2D eigenvalue weighted by Crippen LogP contribution is -2.42. The average Bonchev–Trinajstić information content (AvgIpc) is 2.56. The maximum Gasteiger partial charge on any atom is 0.500 e. The van der Waals surface area contributed by atoms with E-state index in [9.17, 15) is 0 Å². The molecule has 0 saturated carbocycles. The van der Waals surface area contributed by atoms with Crippen molar-refractivity contribution < 1.29 is 22.1 Å². The van der Waals surface area contributed by atoms with Gasteiger partial charge in [0.05, 0.1) is 0 Å². The van der Waals surface area contributed by atoms with Crippen LogP contribution in [0.2, 0.25) is 18.6 Å². The van der Waals surface area contributed by atoms with Crippen molar-refractivity contribution in [3.63, 3.8) is 0 Å². The van der Waals surface area contributed by atoms with Crippen molar-refractivity contribution in [3.8, 4) is 0 Å². The second-order valence-corrected chi connectivity index (χ2v) is 12.3. The van der Waals surface area contributed by atoms with Crippen molar-refractivity contribution in [1.29, 1.82) is 0 Å². The van der Waals surface area contributed by atoms with E-state index in [0.717, 1.165) is 49.6 Å². The molecule has 0 aliphatic carbocycles. The van der Waals surface area contributed by atoms with Gasteiger partial charge in [-0.1, -0.05) is 0 Å². The highest BCUT2D eigenvalue weighted by Gasteiger charge is 2.36. The lowest BCUT2D eigenvalue weighted by molar-refractivity contribution is 0.123. The summed E-state index contributed by atoms with van der Waals surface area (Å²) in [5.74, 6) is 1.76. The maximum atomic E-state index is 5.65. The predicted octanol–water partition coefficient (Wildman–Crippen LogP) is 3.64. The van der Waals surface area contributed by atoms with Crippen LogP contribution in [-0.4, -0.2) is 63.4 Å². The Hall–Kier alpha value is 0.934. The molecule has 0 aromatic carbocycles. The van der Waals surface area contributed by atoms with Crippen LogP contribution < -0.4 is 0 Å². The molecule has 0 heterocycles. The molecule has 0 rings (SSSR count).